The van der Waals surface area contributed by atoms with Crippen molar-refractivity contribution < 1.29 is 14.3 Å². The normalized spacial score (nSPS) is 46.8. The lowest BCUT2D eigenvalue weighted by molar-refractivity contribution is -0.159. The minimum Gasteiger partial charge on any atom is -0.462 e. The number of fused-ring (bicyclic) bond motifs is 5. The molecular formula is C21H30O3. The fourth-order valence-corrected chi connectivity index (χ4v) is 6.80. The molecule has 0 N–H and O–H groups in total. The number of rotatable bonds is 2. The molecule has 3 heteroatoms. The molecule has 0 spiro atoms. The SMILES string of the molecule is CCC(=O)O[C@H]1CC[C@H]2[C@H]3CCC4=CC(=O)C[C@@]4(C)[C@@H]3CC[C@]12C. The molecule has 4 rings (SSSR count). The van der Waals surface area contributed by atoms with E-state index in [0.717, 1.165) is 25.7 Å². The molecular weight excluding hydrogens is 300 g/mol. The van der Waals surface area contributed by atoms with Gasteiger partial charge in [0, 0.05) is 18.3 Å². The van der Waals surface area contributed by atoms with E-state index in [2.05, 4.69) is 13.8 Å². The lowest BCUT2D eigenvalue weighted by atomic mass is 9.49. The molecule has 0 radical (unpaired) electrons. The molecule has 4 aliphatic carbocycles. The van der Waals surface area contributed by atoms with Crippen LogP contribution in [0.4, 0.5) is 0 Å². The quantitative estimate of drug-likeness (QED) is 0.703. The molecule has 0 aromatic carbocycles. The Morgan fingerprint density at radius 2 is 2.00 bits per heavy atom. The number of ether oxygens (including phenoxy) is 1. The molecule has 3 saturated carbocycles. The van der Waals surface area contributed by atoms with Gasteiger partial charge in [0.1, 0.15) is 6.10 Å². The lowest BCUT2D eigenvalue weighted by Gasteiger charge is -2.55. The summed E-state index contributed by atoms with van der Waals surface area (Å²) in [5.41, 5.74) is 1.68. The van der Waals surface area contributed by atoms with Gasteiger partial charge in [-0.1, -0.05) is 26.3 Å². The number of ketones is 1. The van der Waals surface area contributed by atoms with Crippen LogP contribution in [0.3, 0.4) is 0 Å². The highest BCUT2D eigenvalue weighted by Crippen LogP contribution is 2.65. The zero-order valence-electron chi connectivity index (χ0n) is 15.3. The number of carbonyl (C=O) groups is 2. The molecule has 132 valence electrons. The Kier molecular flexibility index (Phi) is 3.71. The number of hydrogen-bond donors (Lipinski definition) is 0. The molecule has 4 aliphatic rings. The van der Waals surface area contributed by atoms with Crippen LogP contribution in [0.15, 0.2) is 11.6 Å². The van der Waals surface area contributed by atoms with Crippen LogP contribution in [0, 0.1) is 28.6 Å². The van der Waals surface area contributed by atoms with Crippen molar-refractivity contribution in [2.75, 3.05) is 0 Å². The van der Waals surface area contributed by atoms with E-state index >= 15 is 0 Å². The number of esters is 1. The Bertz CT molecular complexity index is 606. The van der Waals surface area contributed by atoms with Crippen molar-refractivity contribution in [3.63, 3.8) is 0 Å². The molecule has 0 bridgehead atoms. The maximum atomic E-state index is 12.1. The third kappa shape index (κ3) is 2.16. The van der Waals surface area contributed by atoms with Crippen LogP contribution in [0.25, 0.3) is 0 Å². The van der Waals surface area contributed by atoms with E-state index in [1.165, 1.54) is 24.8 Å². The van der Waals surface area contributed by atoms with Gasteiger partial charge in [0.15, 0.2) is 5.78 Å². The van der Waals surface area contributed by atoms with E-state index in [-0.39, 0.29) is 22.9 Å². The molecule has 3 nitrogen and oxygen atoms in total. The molecule has 0 unspecified atom stereocenters. The summed E-state index contributed by atoms with van der Waals surface area (Å²) in [6, 6.07) is 0. The van der Waals surface area contributed by atoms with E-state index in [9.17, 15) is 9.59 Å². The summed E-state index contributed by atoms with van der Waals surface area (Å²) < 4.78 is 5.84. The minimum atomic E-state index is -0.0498. The summed E-state index contributed by atoms with van der Waals surface area (Å²) in [6.45, 7) is 6.58. The molecule has 0 aromatic rings. The third-order valence-electron chi connectivity index (χ3n) is 8.09. The van der Waals surface area contributed by atoms with Gasteiger partial charge in [-0.2, -0.15) is 0 Å². The second-order valence-corrected chi connectivity index (χ2v) is 9.10. The minimum absolute atomic E-state index is 0.0498. The average molecular weight is 330 g/mol. The van der Waals surface area contributed by atoms with Crippen molar-refractivity contribution >= 4 is 11.8 Å². The predicted molar refractivity (Wildman–Crippen MR) is 92.3 cm³/mol. The Balaban J connectivity index is 1.59. The van der Waals surface area contributed by atoms with Crippen LogP contribution in [0.1, 0.15) is 72.1 Å². The van der Waals surface area contributed by atoms with E-state index in [1.54, 1.807) is 0 Å². The first-order valence-electron chi connectivity index (χ1n) is 9.82. The Hall–Kier alpha value is -1.12. The molecule has 3 fully saturated rings. The highest BCUT2D eigenvalue weighted by Gasteiger charge is 2.60. The van der Waals surface area contributed by atoms with Gasteiger partial charge in [-0.05, 0) is 67.8 Å². The van der Waals surface area contributed by atoms with Crippen LogP contribution in [-0.2, 0) is 14.3 Å². The fraction of sp³-hybridized carbons (Fsp3) is 0.810. The molecule has 0 heterocycles. The Morgan fingerprint density at radius 3 is 2.75 bits per heavy atom. The van der Waals surface area contributed by atoms with E-state index in [4.69, 9.17) is 4.74 Å². The summed E-state index contributed by atoms with van der Waals surface area (Å²) >= 11 is 0. The largest absolute Gasteiger partial charge is 0.462 e. The van der Waals surface area contributed by atoms with E-state index in [1.807, 2.05) is 13.0 Å². The molecule has 0 aliphatic heterocycles. The first-order valence-corrected chi connectivity index (χ1v) is 9.82. The van der Waals surface area contributed by atoms with Gasteiger partial charge in [0.25, 0.3) is 0 Å². The highest BCUT2D eigenvalue weighted by molar-refractivity contribution is 5.94. The van der Waals surface area contributed by atoms with Gasteiger partial charge in [-0.3, -0.25) is 9.59 Å². The smallest absolute Gasteiger partial charge is 0.305 e. The molecule has 0 amide bonds. The maximum absolute atomic E-state index is 12.1. The van der Waals surface area contributed by atoms with Crippen molar-refractivity contribution in [1.29, 1.82) is 0 Å². The van der Waals surface area contributed by atoms with Crippen LogP contribution < -0.4 is 0 Å². The summed E-state index contributed by atoms with van der Waals surface area (Å²) in [5, 5.41) is 0. The highest BCUT2D eigenvalue weighted by atomic mass is 16.5. The summed E-state index contributed by atoms with van der Waals surface area (Å²) in [4.78, 5) is 23.9. The maximum Gasteiger partial charge on any atom is 0.305 e. The standard InChI is InChI=1S/C21H30O3/c1-4-19(23)24-18-8-7-16-15-6-5-13-11-14(22)12-21(13,3)17(15)9-10-20(16,18)2/h11,15-18H,4-10,12H2,1-3H3/t15-,16+,17-,18+,20+,21-/m1/s1. The number of hydrogen-bond acceptors (Lipinski definition) is 3. The van der Waals surface area contributed by atoms with Gasteiger partial charge < -0.3 is 4.74 Å². The number of allylic oxidation sites excluding steroid dienone is 2. The Morgan fingerprint density at radius 1 is 1.21 bits per heavy atom. The van der Waals surface area contributed by atoms with Crippen molar-refractivity contribution in [3.05, 3.63) is 11.6 Å². The van der Waals surface area contributed by atoms with Gasteiger partial charge >= 0.3 is 5.97 Å². The van der Waals surface area contributed by atoms with Crippen molar-refractivity contribution in [2.45, 2.75) is 78.2 Å². The average Bonchev–Trinajstić information content (AvgIpc) is 3.03. The van der Waals surface area contributed by atoms with E-state index < -0.39 is 0 Å². The second-order valence-electron chi connectivity index (χ2n) is 9.10. The van der Waals surface area contributed by atoms with Gasteiger partial charge in [-0.15, -0.1) is 0 Å². The van der Waals surface area contributed by atoms with Crippen LogP contribution in [0.5, 0.6) is 0 Å². The molecule has 24 heavy (non-hydrogen) atoms. The summed E-state index contributed by atoms with van der Waals surface area (Å²) in [5.74, 6) is 2.28. The molecule has 0 saturated heterocycles. The van der Waals surface area contributed by atoms with Crippen molar-refractivity contribution in [3.8, 4) is 0 Å². The second kappa shape index (κ2) is 5.44. The first kappa shape index (κ1) is 16.4. The predicted octanol–water partition coefficient (Wildman–Crippen LogP) is 4.45. The lowest BCUT2D eigenvalue weighted by Crippen LogP contribution is -2.50. The zero-order chi connectivity index (χ0) is 17.1. The number of carbonyl (C=O) groups excluding carboxylic acids is 2. The van der Waals surface area contributed by atoms with Crippen LogP contribution in [-0.4, -0.2) is 17.9 Å². The first-order chi connectivity index (χ1) is 11.4. The topological polar surface area (TPSA) is 43.4 Å². The van der Waals surface area contributed by atoms with Crippen LogP contribution >= 0.6 is 0 Å². The molecule has 6 atom stereocenters. The third-order valence-corrected chi connectivity index (χ3v) is 8.09. The fourth-order valence-electron chi connectivity index (χ4n) is 6.80. The van der Waals surface area contributed by atoms with Gasteiger partial charge in [-0.25, -0.2) is 0 Å². The van der Waals surface area contributed by atoms with E-state index in [0.29, 0.717) is 30.0 Å². The Labute approximate surface area is 145 Å². The zero-order valence-corrected chi connectivity index (χ0v) is 15.3. The summed E-state index contributed by atoms with van der Waals surface area (Å²) in [7, 11) is 0. The monoisotopic (exact) mass is 330 g/mol. The van der Waals surface area contributed by atoms with Crippen molar-refractivity contribution in [2.24, 2.45) is 28.6 Å². The van der Waals surface area contributed by atoms with Gasteiger partial charge in [0.05, 0.1) is 0 Å². The van der Waals surface area contributed by atoms with Crippen molar-refractivity contribution in [1.82, 2.24) is 0 Å². The van der Waals surface area contributed by atoms with Gasteiger partial charge in [0.2, 0.25) is 0 Å². The summed E-state index contributed by atoms with van der Waals surface area (Å²) in [6.07, 6.45) is 10.1. The molecule has 0 aromatic heterocycles. The van der Waals surface area contributed by atoms with Crippen LogP contribution in [0.2, 0.25) is 0 Å².